The van der Waals surface area contributed by atoms with Gasteiger partial charge >= 0.3 is 11.9 Å². The third kappa shape index (κ3) is 7.41. The first-order valence-electron chi connectivity index (χ1n) is 14.5. The van der Waals surface area contributed by atoms with Crippen molar-refractivity contribution >= 4 is 18.0 Å². The smallest absolute Gasteiger partial charge is 0.317 e. The summed E-state index contributed by atoms with van der Waals surface area (Å²) in [6.07, 6.45) is -17.5. The molecule has 0 bridgehead atoms. The van der Waals surface area contributed by atoms with Crippen LogP contribution in [-0.2, 0) is 28.5 Å². The highest BCUT2D eigenvalue weighted by molar-refractivity contribution is 5.90. The van der Waals surface area contributed by atoms with Gasteiger partial charge in [-0.15, -0.1) is 0 Å². The van der Waals surface area contributed by atoms with Crippen LogP contribution in [0.2, 0.25) is 0 Å². The topological polar surface area (TPSA) is 292 Å². The van der Waals surface area contributed by atoms with Crippen LogP contribution in [0.15, 0.2) is 42.2 Å². The molecule has 2 fully saturated rings. The first-order valence-corrected chi connectivity index (χ1v) is 14.5. The summed E-state index contributed by atoms with van der Waals surface area (Å²) in [5, 5.41) is 101. The lowest BCUT2D eigenvalue weighted by atomic mass is 9.98. The minimum atomic E-state index is -1.87. The molecular formula is C30H34O18. The van der Waals surface area contributed by atoms with Crippen molar-refractivity contribution in [3.8, 4) is 23.0 Å². The average Bonchev–Trinajstić information content (AvgIpc) is 3.04. The minimum absolute atomic E-state index is 0.0104. The molecule has 2 aromatic rings. The molecule has 0 saturated carbocycles. The van der Waals surface area contributed by atoms with Gasteiger partial charge in [0, 0.05) is 17.7 Å². The number of esters is 1. The van der Waals surface area contributed by atoms with Gasteiger partial charge in [0.25, 0.3) is 0 Å². The SMILES string of the molecule is O=C(O)CC(=O)OCC1OC(OC2=Cc3c(O)cc(OC4OC(CO)C(O)C(O)C4O)cc3OC2c2ccc(O)cc2)C(O)C(O)C1O. The number of phenols is 2. The molecule has 18 heteroatoms. The Kier molecular flexibility index (Phi) is 10.6. The van der Waals surface area contributed by atoms with Gasteiger partial charge in [0.05, 0.1) is 12.2 Å². The van der Waals surface area contributed by atoms with Gasteiger partial charge in [-0.25, -0.2) is 0 Å². The molecule has 2 aromatic carbocycles. The number of carboxylic acid groups (broad SMARTS) is 1. The highest BCUT2D eigenvalue weighted by Gasteiger charge is 2.47. The number of hydrogen-bond acceptors (Lipinski definition) is 17. The van der Waals surface area contributed by atoms with Crippen LogP contribution in [0.4, 0.5) is 0 Å². The fourth-order valence-corrected chi connectivity index (χ4v) is 5.21. The molecular weight excluding hydrogens is 648 g/mol. The Balaban J connectivity index is 1.42. The van der Waals surface area contributed by atoms with Gasteiger partial charge in [0.15, 0.2) is 6.10 Å². The van der Waals surface area contributed by atoms with Crippen LogP contribution in [0.5, 0.6) is 23.0 Å². The van der Waals surface area contributed by atoms with E-state index < -0.39 is 105 Å². The molecule has 5 rings (SSSR count). The van der Waals surface area contributed by atoms with Crippen molar-refractivity contribution in [2.75, 3.05) is 13.2 Å². The van der Waals surface area contributed by atoms with Crippen LogP contribution in [-0.4, -0.2) is 138 Å². The van der Waals surface area contributed by atoms with E-state index in [9.17, 15) is 55.5 Å². The lowest BCUT2D eigenvalue weighted by Gasteiger charge is -2.41. The van der Waals surface area contributed by atoms with Gasteiger partial charge in [0.1, 0.15) is 90.6 Å². The number of benzene rings is 2. The van der Waals surface area contributed by atoms with Crippen molar-refractivity contribution in [3.63, 3.8) is 0 Å². The Morgan fingerprint density at radius 3 is 2.00 bits per heavy atom. The molecule has 18 nitrogen and oxygen atoms in total. The van der Waals surface area contributed by atoms with Gasteiger partial charge < -0.3 is 79.5 Å². The van der Waals surface area contributed by atoms with Crippen molar-refractivity contribution in [1.82, 2.24) is 0 Å². The number of ether oxygens (including phenoxy) is 6. The quantitative estimate of drug-likeness (QED) is 0.0922. The second-order valence-electron chi connectivity index (χ2n) is 11.2. The van der Waals surface area contributed by atoms with E-state index in [4.69, 9.17) is 33.5 Å². The fourth-order valence-electron chi connectivity index (χ4n) is 5.21. The van der Waals surface area contributed by atoms with Crippen molar-refractivity contribution in [3.05, 3.63) is 53.3 Å². The van der Waals surface area contributed by atoms with Crippen LogP contribution in [0.3, 0.4) is 0 Å². The standard InChI is InChI=1S/C30H34O18/c31-9-18-22(37)24(39)26(41)29(47-18)44-13-5-15(33)14-7-17(28(45-16(14)6-13)11-1-3-12(32)4-2-11)46-30-27(42)25(40)23(38)19(48-30)10-43-21(36)8-20(34)35/h1-7,18-19,22-33,37-42H,8-10H2,(H,34,35). The van der Waals surface area contributed by atoms with Crippen LogP contribution < -0.4 is 9.47 Å². The second kappa shape index (κ2) is 14.5. The maximum atomic E-state index is 11.7. The van der Waals surface area contributed by atoms with E-state index in [2.05, 4.69) is 0 Å². The first kappa shape index (κ1) is 35.1. The lowest BCUT2D eigenvalue weighted by Crippen LogP contribution is -2.60. The Morgan fingerprint density at radius 1 is 0.771 bits per heavy atom. The summed E-state index contributed by atoms with van der Waals surface area (Å²) in [7, 11) is 0. The summed E-state index contributed by atoms with van der Waals surface area (Å²) < 4.78 is 33.4. The van der Waals surface area contributed by atoms with Crippen molar-refractivity contribution in [1.29, 1.82) is 0 Å². The second-order valence-corrected chi connectivity index (χ2v) is 11.2. The Labute approximate surface area is 270 Å². The molecule has 3 aliphatic heterocycles. The van der Waals surface area contributed by atoms with Crippen molar-refractivity contribution < 1.29 is 89.1 Å². The fraction of sp³-hybridized carbons (Fsp3) is 0.467. The summed E-state index contributed by atoms with van der Waals surface area (Å²) in [6, 6.07) is 8.03. The maximum absolute atomic E-state index is 11.7. The monoisotopic (exact) mass is 682 g/mol. The zero-order chi connectivity index (χ0) is 34.9. The number of hydrogen-bond donors (Lipinski definition) is 10. The molecule has 10 N–H and O–H groups in total. The molecule has 0 radical (unpaired) electrons. The zero-order valence-electron chi connectivity index (χ0n) is 24.8. The number of aliphatic hydroxyl groups is 7. The predicted octanol–water partition coefficient (Wildman–Crippen LogP) is -2.41. The van der Waals surface area contributed by atoms with Gasteiger partial charge in [0.2, 0.25) is 12.6 Å². The van der Waals surface area contributed by atoms with Gasteiger partial charge in [-0.2, -0.15) is 0 Å². The number of phenolic OH excluding ortho intramolecular Hbond substituents is 2. The van der Waals surface area contributed by atoms with E-state index in [-0.39, 0.29) is 28.6 Å². The van der Waals surface area contributed by atoms with E-state index >= 15 is 0 Å². The normalized spacial score (nSPS) is 33.1. The highest BCUT2D eigenvalue weighted by atomic mass is 16.7. The van der Waals surface area contributed by atoms with Gasteiger partial charge in [-0.3, -0.25) is 9.59 Å². The molecule has 2 saturated heterocycles. The number of fused-ring (bicyclic) bond motifs is 1. The lowest BCUT2D eigenvalue weighted by molar-refractivity contribution is -0.294. The number of aromatic hydroxyl groups is 2. The summed E-state index contributed by atoms with van der Waals surface area (Å²) in [5.41, 5.74) is 0.390. The number of aliphatic carboxylic acids is 1. The molecule has 11 unspecified atom stereocenters. The molecule has 0 amide bonds. The van der Waals surface area contributed by atoms with E-state index in [1.807, 2.05) is 0 Å². The molecule has 11 atom stereocenters. The summed E-state index contributed by atoms with van der Waals surface area (Å²) in [4.78, 5) is 22.5. The first-order chi connectivity index (χ1) is 22.8. The number of aliphatic hydroxyl groups excluding tert-OH is 7. The average molecular weight is 683 g/mol. The van der Waals surface area contributed by atoms with Crippen molar-refractivity contribution in [2.24, 2.45) is 0 Å². The third-order valence-corrected chi connectivity index (χ3v) is 7.80. The molecule has 0 spiro atoms. The van der Waals surface area contributed by atoms with E-state index in [0.717, 1.165) is 6.07 Å². The Hall–Kier alpha value is -4.24. The van der Waals surface area contributed by atoms with Crippen LogP contribution in [0.1, 0.15) is 23.7 Å². The predicted molar refractivity (Wildman–Crippen MR) is 153 cm³/mol. The summed E-state index contributed by atoms with van der Waals surface area (Å²) >= 11 is 0. The van der Waals surface area contributed by atoms with E-state index in [1.54, 1.807) is 0 Å². The minimum Gasteiger partial charge on any atom is -0.508 e. The summed E-state index contributed by atoms with van der Waals surface area (Å²) in [6.45, 7) is -1.40. The number of carboxylic acids is 1. The molecule has 3 aliphatic rings. The molecule has 0 aromatic heterocycles. The Morgan fingerprint density at radius 2 is 1.38 bits per heavy atom. The van der Waals surface area contributed by atoms with E-state index in [1.165, 1.54) is 36.4 Å². The van der Waals surface area contributed by atoms with E-state index in [0.29, 0.717) is 5.56 Å². The van der Waals surface area contributed by atoms with Crippen LogP contribution in [0, 0.1) is 0 Å². The van der Waals surface area contributed by atoms with Gasteiger partial charge in [-0.1, -0.05) is 12.1 Å². The largest absolute Gasteiger partial charge is 0.508 e. The highest BCUT2D eigenvalue weighted by Crippen LogP contribution is 2.45. The Bertz CT molecular complexity index is 1490. The maximum Gasteiger partial charge on any atom is 0.317 e. The molecule has 3 heterocycles. The molecule has 48 heavy (non-hydrogen) atoms. The van der Waals surface area contributed by atoms with Gasteiger partial charge in [-0.05, 0) is 18.2 Å². The number of carbonyl (C=O) groups excluding carboxylic acids is 1. The number of rotatable bonds is 10. The molecule has 262 valence electrons. The van der Waals surface area contributed by atoms with Crippen LogP contribution >= 0.6 is 0 Å². The third-order valence-electron chi connectivity index (χ3n) is 7.80. The number of carbonyl (C=O) groups is 2. The van der Waals surface area contributed by atoms with Crippen molar-refractivity contribution in [2.45, 2.75) is 73.9 Å². The zero-order valence-corrected chi connectivity index (χ0v) is 24.8. The van der Waals surface area contributed by atoms with Crippen LogP contribution in [0.25, 0.3) is 6.08 Å². The summed E-state index contributed by atoms with van der Waals surface area (Å²) in [5.74, 6) is -3.39. The molecule has 0 aliphatic carbocycles.